The second kappa shape index (κ2) is 6.26. The molecule has 0 aliphatic heterocycles. The number of carbonyl (C=O) groups excluding carboxylic acids is 1. The molecular weight excluding hydrogens is 271 g/mol. The van der Waals surface area contributed by atoms with Crippen LogP contribution in [-0.4, -0.2) is 34.6 Å². The Kier molecular flexibility index (Phi) is 5.16. The lowest BCUT2D eigenvalue weighted by Gasteiger charge is -2.27. The summed E-state index contributed by atoms with van der Waals surface area (Å²) in [6.07, 6.45) is -4.31. The number of Topliss-reactive ketones (excluding diaryl/α,β-unsaturated/α-hetero) is 1. The van der Waals surface area contributed by atoms with Gasteiger partial charge in [-0.25, -0.2) is 0 Å². The number of aromatic hydroxyl groups is 1. The summed E-state index contributed by atoms with van der Waals surface area (Å²) < 4.78 is 37.6. The number of carbonyl (C=O) groups is 1. The molecule has 0 aliphatic carbocycles. The van der Waals surface area contributed by atoms with Crippen molar-refractivity contribution in [2.24, 2.45) is 0 Å². The Labute approximate surface area is 116 Å². The van der Waals surface area contributed by atoms with Crippen LogP contribution in [0.3, 0.4) is 0 Å². The predicted molar refractivity (Wildman–Crippen MR) is 69.7 cm³/mol. The first kappa shape index (κ1) is 16.5. The molecule has 1 aromatic carbocycles. The molecule has 0 amide bonds. The van der Waals surface area contributed by atoms with Crippen LogP contribution < -0.4 is 0 Å². The van der Waals surface area contributed by atoms with Gasteiger partial charge >= 0.3 is 6.18 Å². The summed E-state index contributed by atoms with van der Waals surface area (Å²) in [6.45, 7) is 3.54. The largest absolute Gasteiger partial charge is 0.508 e. The third-order valence-electron chi connectivity index (χ3n) is 2.97. The van der Waals surface area contributed by atoms with Crippen molar-refractivity contribution in [3.63, 3.8) is 0 Å². The highest BCUT2D eigenvalue weighted by Gasteiger charge is 2.32. The molecule has 0 aliphatic rings. The van der Waals surface area contributed by atoms with Crippen LogP contribution in [0.5, 0.6) is 5.75 Å². The fraction of sp³-hybridized carbons (Fsp3) is 0.500. The number of alkyl halides is 3. The normalized spacial score (nSPS) is 12.2. The summed E-state index contributed by atoms with van der Waals surface area (Å²) in [6, 6.07) is 3.88. The zero-order valence-electron chi connectivity index (χ0n) is 11.7. The van der Waals surface area contributed by atoms with Gasteiger partial charge in [-0.15, -0.1) is 0 Å². The first-order chi connectivity index (χ1) is 9.10. The molecule has 1 rings (SSSR count). The van der Waals surface area contributed by atoms with Crippen molar-refractivity contribution in [3.8, 4) is 5.75 Å². The lowest BCUT2D eigenvalue weighted by Crippen LogP contribution is -2.38. The van der Waals surface area contributed by atoms with E-state index < -0.39 is 12.7 Å². The van der Waals surface area contributed by atoms with E-state index in [1.807, 2.05) is 0 Å². The third kappa shape index (κ3) is 4.85. The van der Waals surface area contributed by atoms with Crippen molar-refractivity contribution in [1.29, 1.82) is 0 Å². The van der Waals surface area contributed by atoms with Crippen molar-refractivity contribution in [2.75, 3.05) is 6.54 Å². The molecule has 0 aromatic heterocycles. The minimum Gasteiger partial charge on any atom is -0.508 e. The maximum atomic E-state index is 12.5. The summed E-state index contributed by atoms with van der Waals surface area (Å²) in [5.74, 6) is -0.305. The number of halogens is 3. The lowest BCUT2D eigenvalue weighted by atomic mass is 10.1. The average Bonchev–Trinajstić information content (AvgIpc) is 2.28. The van der Waals surface area contributed by atoms with Crippen LogP contribution in [0.1, 0.15) is 36.7 Å². The summed E-state index contributed by atoms with van der Waals surface area (Å²) in [4.78, 5) is 12.5. The molecule has 0 spiro atoms. The Hall–Kier alpha value is -1.56. The molecule has 0 heterocycles. The van der Waals surface area contributed by atoms with Crippen LogP contribution in [0.2, 0.25) is 0 Å². The second-order valence-electron chi connectivity index (χ2n) is 5.01. The van der Waals surface area contributed by atoms with Gasteiger partial charge in [0, 0.05) is 23.7 Å². The number of ketones is 1. The number of nitrogens with zero attached hydrogens (tertiary/aromatic N) is 1. The fourth-order valence-electron chi connectivity index (χ4n) is 1.80. The van der Waals surface area contributed by atoms with Gasteiger partial charge in [-0.3, -0.25) is 9.69 Å². The van der Waals surface area contributed by atoms with Gasteiger partial charge in [0.05, 0.1) is 6.54 Å². The van der Waals surface area contributed by atoms with E-state index >= 15 is 0 Å². The van der Waals surface area contributed by atoms with Crippen LogP contribution >= 0.6 is 0 Å². The second-order valence-corrected chi connectivity index (χ2v) is 5.01. The molecule has 1 aromatic rings. The van der Waals surface area contributed by atoms with E-state index in [0.29, 0.717) is 11.1 Å². The number of hydrogen-bond acceptors (Lipinski definition) is 3. The van der Waals surface area contributed by atoms with Gasteiger partial charge in [0.1, 0.15) is 5.75 Å². The topological polar surface area (TPSA) is 40.5 Å². The molecule has 0 atom stereocenters. The van der Waals surface area contributed by atoms with Crippen LogP contribution in [0, 0.1) is 0 Å². The zero-order chi connectivity index (χ0) is 15.5. The molecule has 20 heavy (non-hydrogen) atoms. The maximum Gasteiger partial charge on any atom is 0.401 e. The van der Waals surface area contributed by atoms with E-state index in [-0.39, 0.29) is 24.1 Å². The average molecular weight is 289 g/mol. The molecule has 3 nitrogen and oxygen atoms in total. The summed E-state index contributed by atoms with van der Waals surface area (Å²) in [5.41, 5.74) is 0.684. The first-order valence-corrected chi connectivity index (χ1v) is 6.24. The standard InChI is InChI=1S/C14H18F3NO2/c1-9(2)18(8-14(15,16)17)7-12-6-11(10(3)19)4-5-13(12)20/h4-6,9,20H,7-8H2,1-3H3. The first-order valence-electron chi connectivity index (χ1n) is 6.24. The van der Waals surface area contributed by atoms with Crippen LogP contribution in [0.15, 0.2) is 18.2 Å². The molecule has 0 saturated carbocycles. The van der Waals surface area contributed by atoms with Crippen molar-refractivity contribution in [3.05, 3.63) is 29.3 Å². The highest BCUT2D eigenvalue weighted by atomic mass is 19.4. The van der Waals surface area contributed by atoms with E-state index in [1.54, 1.807) is 13.8 Å². The Bertz CT molecular complexity index is 484. The van der Waals surface area contributed by atoms with Gasteiger partial charge in [-0.05, 0) is 39.0 Å². The Balaban J connectivity index is 2.99. The summed E-state index contributed by atoms with van der Waals surface area (Å²) in [5, 5.41) is 9.73. The zero-order valence-corrected chi connectivity index (χ0v) is 11.7. The molecule has 112 valence electrons. The van der Waals surface area contributed by atoms with Gasteiger partial charge in [0.25, 0.3) is 0 Å². The number of hydrogen-bond donors (Lipinski definition) is 1. The minimum absolute atomic E-state index is 0.0653. The van der Waals surface area contributed by atoms with Crippen LogP contribution in [0.4, 0.5) is 13.2 Å². The van der Waals surface area contributed by atoms with Gasteiger partial charge in [-0.2, -0.15) is 13.2 Å². The quantitative estimate of drug-likeness (QED) is 0.845. The fourth-order valence-corrected chi connectivity index (χ4v) is 1.80. The molecular formula is C14H18F3NO2. The number of phenolic OH excluding ortho intramolecular Hbond substituents is 1. The SMILES string of the molecule is CC(=O)c1ccc(O)c(CN(CC(F)(F)F)C(C)C)c1. The van der Waals surface area contributed by atoms with Crippen LogP contribution in [-0.2, 0) is 6.54 Å². The van der Waals surface area contributed by atoms with Crippen LogP contribution in [0.25, 0.3) is 0 Å². The molecule has 0 bridgehead atoms. The summed E-state index contributed by atoms with van der Waals surface area (Å²) in [7, 11) is 0. The molecule has 1 N–H and O–H groups in total. The Morgan fingerprint density at radius 1 is 1.35 bits per heavy atom. The smallest absolute Gasteiger partial charge is 0.401 e. The predicted octanol–water partition coefficient (Wildman–Crippen LogP) is 3.37. The Morgan fingerprint density at radius 2 is 1.95 bits per heavy atom. The van der Waals surface area contributed by atoms with E-state index in [9.17, 15) is 23.1 Å². The minimum atomic E-state index is -4.31. The Morgan fingerprint density at radius 3 is 2.40 bits per heavy atom. The number of rotatable bonds is 5. The van der Waals surface area contributed by atoms with Gasteiger partial charge in [0.2, 0.25) is 0 Å². The molecule has 0 radical (unpaired) electrons. The molecule has 0 fully saturated rings. The molecule has 0 unspecified atom stereocenters. The molecule has 6 heteroatoms. The van der Waals surface area contributed by atoms with E-state index in [4.69, 9.17) is 0 Å². The highest BCUT2D eigenvalue weighted by molar-refractivity contribution is 5.94. The van der Waals surface area contributed by atoms with Crippen molar-refractivity contribution in [1.82, 2.24) is 4.90 Å². The monoisotopic (exact) mass is 289 g/mol. The van der Waals surface area contributed by atoms with Gasteiger partial charge < -0.3 is 5.11 Å². The summed E-state index contributed by atoms with van der Waals surface area (Å²) >= 11 is 0. The van der Waals surface area contributed by atoms with Crippen molar-refractivity contribution < 1.29 is 23.1 Å². The maximum absolute atomic E-state index is 12.5. The molecule has 0 saturated heterocycles. The third-order valence-corrected chi connectivity index (χ3v) is 2.97. The van der Waals surface area contributed by atoms with Gasteiger partial charge in [0.15, 0.2) is 5.78 Å². The van der Waals surface area contributed by atoms with Crippen molar-refractivity contribution >= 4 is 5.78 Å². The van der Waals surface area contributed by atoms with Gasteiger partial charge in [-0.1, -0.05) is 0 Å². The highest BCUT2D eigenvalue weighted by Crippen LogP contribution is 2.24. The number of phenols is 1. The van der Waals surface area contributed by atoms with E-state index in [2.05, 4.69) is 0 Å². The lowest BCUT2D eigenvalue weighted by molar-refractivity contribution is -0.150. The van der Waals surface area contributed by atoms with E-state index in [1.165, 1.54) is 30.0 Å². The van der Waals surface area contributed by atoms with Crippen molar-refractivity contribution in [2.45, 2.75) is 39.5 Å². The number of benzene rings is 1. The van der Waals surface area contributed by atoms with E-state index in [0.717, 1.165) is 0 Å².